The fraction of sp³-hybridized carbons (Fsp3) is 0.294. The van der Waals surface area contributed by atoms with Gasteiger partial charge in [-0.05, 0) is 18.6 Å². The smallest absolute Gasteiger partial charge is 0.127 e. The van der Waals surface area contributed by atoms with Crippen LogP contribution in [-0.2, 0) is 6.54 Å². The van der Waals surface area contributed by atoms with Gasteiger partial charge in [0.25, 0.3) is 0 Å². The third kappa shape index (κ3) is 4.66. The van der Waals surface area contributed by atoms with Gasteiger partial charge in [-0.2, -0.15) is 0 Å². The van der Waals surface area contributed by atoms with Crippen LogP contribution in [0.3, 0.4) is 0 Å². The minimum atomic E-state index is 0. The summed E-state index contributed by atoms with van der Waals surface area (Å²) in [5.74, 6) is 1.65. The SMILES string of the molecule is COc1ccc(CNC(C)c2ccccc2)c(OC)c1.Cl. The summed E-state index contributed by atoms with van der Waals surface area (Å²) in [5, 5.41) is 3.51. The number of hydrogen-bond donors (Lipinski definition) is 1. The Bertz CT molecular complexity index is 546. The first kappa shape index (κ1) is 17.3. The molecule has 0 aliphatic heterocycles. The highest BCUT2D eigenvalue weighted by Crippen LogP contribution is 2.25. The molecule has 1 atom stereocenters. The molecule has 1 N–H and O–H groups in total. The summed E-state index contributed by atoms with van der Waals surface area (Å²) in [7, 11) is 3.34. The van der Waals surface area contributed by atoms with Crippen LogP contribution in [0, 0.1) is 0 Å². The second-order valence-corrected chi connectivity index (χ2v) is 4.69. The molecule has 0 heterocycles. The molecular weight excluding hydrogens is 286 g/mol. The van der Waals surface area contributed by atoms with E-state index in [1.807, 2.05) is 24.3 Å². The van der Waals surface area contributed by atoms with Gasteiger partial charge in [0.15, 0.2) is 0 Å². The molecule has 0 aromatic heterocycles. The van der Waals surface area contributed by atoms with Gasteiger partial charge in [0, 0.05) is 24.2 Å². The molecule has 0 bridgehead atoms. The molecule has 0 saturated heterocycles. The van der Waals surface area contributed by atoms with Crippen molar-refractivity contribution in [3.05, 3.63) is 59.7 Å². The standard InChI is InChI=1S/C17H21NO2.ClH/c1-13(14-7-5-4-6-8-14)18-12-15-9-10-16(19-2)11-17(15)20-3;/h4-11,13,18H,12H2,1-3H3;1H. The summed E-state index contributed by atoms with van der Waals surface area (Å²) in [4.78, 5) is 0. The van der Waals surface area contributed by atoms with Gasteiger partial charge in [-0.1, -0.05) is 36.4 Å². The van der Waals surface area contributed by atoms with Crippen LogP contribution in [0.15, 0.2) is 48.5 Å². The average molecular weight is 308 g/mol. The van der Waals surface area contributed by atoms with Gasteiger partial charge < -0.3 is 14.8 Å². The topological polar surface area (TPSA) is 30.5 Å². The molecule has 3 nitrogen and oxygen atoms in total. The lowest BCUT2D eigenvalue weighted by Gasteiger charge is -2.16. The highest BCUT2D eigenvalue weighted by molar-refractivity contribution is 5.85. The molecule has 2 rings (SSSR count). The highest BCUT2D eigenvalue weighted by atomic mass is 35.5. The number of benzene rings is 2. The quantitative estimate of drug-likeness (QED) is 0.875. The van der Waals surface area contributed by atoms with Crippen LogP contribution in [-0.4, -0.2) is 14.2 Å². The Hall–Kier alpha value is -1.71. The molecule has 4 heteroatoms. The van der Waals surface area contributed by atoms with Crippen LogP contribution >= 0.6 is 12.4 Å². The summed E-state index contributed by atoms with van der Waals surface area (Å²) in [5.41, 5.74) is 2.40. The minimum absolute atomic E-state index is 0. The third-order valence-electron chi connectivity index (χ3n) is 3.39. The largest absolute Gasteiger partial charge is 0.497 e. The predicted molar refractivity (Wildman–Crippen MR) is 88.5 cm³/mol. The van der Waals surface area contributed by atoms with Crippen LogP contribution in [0.1, 0.15) is 24.1 Å². The number of hydrogen-bond acceptors (Lipinski definition) is 3. The molecule has 0 aliphatic carbocycles. The fourth-order valence-corrected chi connectivity index (χ4v) is 2.12. The number of methoxy groups -OCH3 is 2. The van der Waals surface area contributed by atoms with Crippen molar-refractivity contribution < 1.29 is 9.47 Å². The van der Waals surface area contributed by atoms with Crippen LogP contribution < -0.4 is 14.8 Å². The lowest BCUT2D eigenvalue weighted by Crippen LogP contribution is -2.18. The monoisotopic (exact) mass is 307 g/mol. The van der Waals surface area contributed by atoms with E-state index in [0.717, 1.165) is 23.6 Å². The zero-order valence-corrected chi connectivity index (χ0v) is 13.4. The molecular formula is C17H22ClNO2. The van der Waals surface area contributed by atoms with Crippen LogP contribution in [0.5, 0.6) is 11.5 Å². The number of rotatable bonds is 6. The van der Waals surface area contributed by atoms with Gasteiger partial charge in [-0.3, -0.25) is 0 Å². The van der Waals surface area contributed by atoms with Gasteiger partial charge in [0.05, 0.1) is 14.2 Å². The first-order valence-electron chi connectivity index (χ1n) is 6.74. The summed E-state index contributed by atoms with van der Waals surface area (Å²) in [6.07, 6.45) is 0. The van der Waals surface area contributed by atoms with Crippen LogP contribution in [0.2, 0.25) is 0 Å². The Balaban J connectivity index is 0.00000220. The summed E-state index contributed by atoms with van der Waals surface area (Å²) < 4.78 is 10.6. The number of nitrogens with one attached hydrogen (secondary N) is 1. The van der Waals surface area contributed by atoms with Crippen LogP contribution in [0.4, 0.5) is 0 Å². The minimum Gasteiger partial charge on any atom is -0.497 e. The van der Waals surface area contributed by atoms with E-state index in [0.29, 0.717) is 6.04 Å². The summed E-state index contributed by atoms with van der Waals surface area (Å²) in [6, 6.07) is 16.6. The van der Waals surface area contributed by atoms with Crippen molar-refractivity contribution in [3.63, 3.8) is 0 Å². The Morgan fingerprint density at radius 3 is 2.33 bits per heavy atom. The lowest BCUT2D eigenvalue weighted by atomic mass is 10.1. The molecule has 0 amide bonds. The highest BCUT2D eigenvalue weighted by Gasteiger charge is 2.08. The zero-order chi connectivity index (χ0) is 14.4. The maximum Gasteiger partial charge on any atom is 0.127 e. The van der Waals surface area contributed by atoms with Gasteiger partial charge in [-0.25, -0.2) is 0 Å². The van der Waals surface area contributed by atoms with E-state index in [1.54, 1.807) is 14.2 Å². The molecule has 114 valence electrons. The average Bonchev–Trinajstić information content (AvgIpc) is 2.53. The van der Waals surface area contributed by atoms with Crippen molar-refractivity contribution >= 4 is 12.4 Å². The van der Waals surface area contributed by atoms with Crippen molar-refractivity contribution in [2.75, 3.05) is 14.2 Å². The van der Waals surface area contributed by atoms with Crippen molar-refractivity contribution in [3.8, 4) is 11.5 Å². The van der Waals surface area contributed by atoms with E-state index < -0.39 is 0 Å². The molecule has 0 aliphatic rings. The predicted octanol–water partition coefficient (Wildman–Crippen LogP) is 3.98. The van der Waals surface area contributed by atoms with E-state index in [2.05, 4.69) is 36.5 Å². The molecule has 0 fully saturated rings. The second-order valence-electron chi connectivity index (χ2n) is 4.69. The van der Waals surface area contributed by atoms with E-state index in [4.69, 9.17) is 9.47 Å². The Morgan fingerprint density at radius 2 is 1.71 bits per heavy atom. The van der Waals surface area contributed by atoms with E-state index >= 15 is 0 Å². The molecule has 0 spiro atoms. The first-order chi connectivity index (χ1) is 9.74. The lowest BCUT2D eigenvalue weighted by molar-refractivity contribution is 0.389. The third-order valence-corrected chi connectivity index (χ3v) is 3.39. The van der Waals surface area contributed by atoms with E-state index in [1.165, 1.54) is 5.56 Å². The molecule has 1 unspecified atom stereocenters. The van der Waals surface area contributed by atoms with Gasteiger partial charge in [0.1, 0.15) is 11.5 Å². The molecule has 2 aromatic rings. The van der Waals surface area contributed by atoms with Crippen LogP contribution in [0.25, 0.3) is 0 Å². The Morgan fingerprint density at radius 1 is 1.00 bits per heavy atom. The van der Waals surface area contributed by atoms with Crippen molar-refractivity contribution in [2.45, 2.75) is 19.5 Å². The second kappa shape index (κ2) is 8.55. The molecule has 0 radical (unpaired) electrons. The maximum absolute atomic E-state index is 5.41. The van der Waals surface area contributed by atoms with Crippen molar-refractivity contribution in [2.24, 2.45) is 0 Å². The first-order valence-corrected chi connectivity index (χ1v) is 6.74. The summed E-state index contributed by atoms with van der Waals surface area (Å²) in [6.45, 7) is 2.91. The normalized spacial score (nSPS) is 11.4. The fourth-order valence-electron chi connectivity index (χ4n) is 2.12. The summed E-state index contributed by atoms with van der Waals surface area (Å²) >= 11 is 0. The number of ether oxygens (including phenoxy) is 2. The number of halogens is 1. The molecule has 2 aromatic carbocycles. The van der Waals surface area contributed by atoms with Gasteiger partial charge >= 0.3 is 0 Å². The van der Waals surface area contributed by atoms with Crippen molar-refractivity contribution in [1.29, 1.82) is 0 Å². The van der Waals surface area contributed by atoms with Crippen molar-refractivity contribution in [1.82, 2.24) is 5.32 Å². The Kier molecular flexibility index (Phi) is 7.06. The molecule has 21 heavy (non-hydrogen) atoms. The molecule has 0 saturated carbocycles. The van der Waals surface area contributed by atoms with E-state index in [-0.39, 0.29) is 12.4 Å². The van der Waals surface area contributed by atoms with E-state index in [9.17, 15) is 0 Å². The Labute approximate surface area is 132 Å². The van der Waals surface area contributed by atoms with Gasteiger partial charge in [0.2, 0.25) is 0 Å². The zero-order valence-electron chi connectivity index (χ0n) is 12.6. The maximum atomic E-state index is 5.41. The van der Waals surface area contributed by atoms with Gasteiger partial charge in [-0.15, -0.1) is 12.4 Å².